The van der Waals surface area contributed by atoms with Gasteiger partial charge in [0.2, 0.25) is 0 Å². The highest BCUT2D eigenvalue weighted by atomic mass is 16.5. The van der Waals surface area contributed by atoms with Gasteiger partial charge in [-0.3, -0.25) is 4.99 Å². The molecule has 0 spiro atoms. The molecule has 1 saturated carbocycles. The van der Waals surface area contributed by atoms with Crippen molar-refractivity contribution in [3.8, 4) is 5.75 Å². The Morgan fingerprint density at radius 3 is 2.48 bits per heavy atom. The molecule has 2 N–H and O–H groups in total. The maximum Gasteiger partial charge on any atom is 0.191 e. The zero-order valence-electron chi connectivity index (χ0n) is 13.4. The minimum absolute atomic E-state index is 0.580. The number of nitrogens with zero attached hydrogens (tertiary/aromatic N) is 1. The first-order valence-corrected chi connectivity index (χ1v) is 7.85. The average molecular weight is 289 g/mol. The van der Waals surface area contributed by atoms with Crippen LogP contribution in [0.2, 0.25) is 0 Å². The monoisotopic (exact) mass is 289 g/mol. The van der Waals surface area contributed by atoms with Crippen LogP contribution >= 0.6 is 0 Å². The van der Waals surface area contributed by atoms with Crippen LogP contribution in [0.3, 0.4) is 0 Å². The number of guanidine groups is 1. The van der Waals surface area contributed by atoms with Crippen molar-refractivity contribution in [1.82, 2.24) is 10.6 Å². The summed E-state index contributed by atoms with van der Waals surface area (Å²) in [5.41, 5.74) is 2.47. The van der Waals surface area contributed by atoms with Gasteiger partial charge in [0, 0.05) is 13.1 Å². The Morgan fingerprint density at radius 1 is 1.19 bits per heavy atom. The lowest BCUT2D eigenvalue weighted by Crippen LogP contribution is -2.43. The zero-order chi connectivity index (χ0) is 15.1. The number of ether oxygens (including phenoxy) is 1. The Balaban J connectivity index is 1.70. The van der Waals surface area contributed by atoms with E-state index >= 15 is 0 Å². The number of rotatable bonds is 5. The summed E-state index contributed by atoms with van der Waals surface area (Å²) in [7, 11) is 1.81. The Labute approximate surface area is 128 Å². The average Bonchev–Trinajstić information content (AvgIpc) is 2.94. The standard InChI is InChI=1S/C17H27N3O/c1-13-10-14(2)12-16(11-13)21-9-8-19-17(18-3)20-15-6-4-5-7-15/h10-12,15H,4-9H2,1-3H3,(H2,18,19,20). The van der Waals surface area contributed by atoms with E-state index in [9.17, 15) is 0 Å². The number of aryl methyl sites for hydroxylation is 2. The van der Waals surface area contributed by atoms with Crippen molar-refractivity contribution in [2.24, 2.45) is 4.99 Å². The third-order valence-corrected chi connectivity index (χ3v) is 3.78. The first-order chi connectivity index (χ1) is 10.2. The van der Waals surface area contributed by atoms with Gasteiger partial charge < -0.3 is 15.4 Å². The third-order valence-electron chi connectivity index (χ3n) is 3.78. The predicted molar refractivity (Wildman–Crippen MR) is 88.2 cm³/mol. The minimum Gasteiger partial charge on any atom is -0.492 e. The van der Waals surface area contributed by atoms with E-state index in [0.29, 0.717) is 12.6 Å². The lowest BCUT2D eigenvalue weighted by atomic mass is 10.1. The van der Waals surface area contributed by atoms with Crippen LogP contribution in [0.25, 0.3) is 0 Å². The van der Waals surface area contributed by atoms with Gasteiger partial charge in [-0.15, -0.1) is 0 Å². The van der Waals surface area contributed by atoms with Crippen LogP contribution in [0.4, 0.5) is 0 Å². The van der Waals surface area contributed by atoms with E-state index < -0.39 is 0 Å². The highest BCUT2D eigenvalue weighted by Crippen LogP contribution is 2.17. The molecule has 116 valence electrons. The van der Waals surface area contributed by atoms with Crippen LogP contribution in [0.1, 0.15) is 36.8 Å². The molecule has 1 aliphatic rings. The Morgan fingerprint density at radius 2 is 1.86 bits per heavy atom. The van der Waals surface area contributed by atoms with Gasteiger partial charge in [0.05, 0.1) is 6.54 Å². The molecule has 0 saturated heterocycles. The molecule has 0 aromatic heterocycles. The molecule has 0 heterocycles. The molecule has 0 amide bonds. The summed E-state index contributed by atoms with van der Waals surface area (Å²) in [6.45, 7) is 5.56. The zero-order valence-corrected chi connectivity index (χ0v) is 13.4. The molecular weight excluding hydrogens is 262 g/mol. The molecule has 4 nitrogen and oxygen atoms in total. The fourth-order valence-corrected chi connectivity index (χ4v) is 2.81. The lowest BCUT2D eigenvalue weighted by Gasteiger charge is -2.17. The number of nitrogens with one attached hydrogen (secondary N) is 2. The summed E-state index contributed by atoms with van der Waals surface area (Å²) in [5, 5.41) is 6.78. The molecule has 21 heavy (non-hydrogen) atoms. The maximum absolute atomic E-state index is 5.79. The van der Waals surface area contributed by atoms with Gasteiger partial charge in [-0.25, -0.2) is 0 Å². The molecule has 1 fully saturated rings. The number of aliphatic imine (C=N–C) groups is 1. The molecule has 0 bridgehead atoms. The highest BCUT2D eigenvalue weighted by Gasteiger charge is 2.15. The Bertz CT molecular complexity index is 459. The molecular formula is C17H27N3O. The summed E-state index contributed by atoms with van der Waals surface area (Å²) < 4.78 is 5.79. The van der Waals surface area contributed by atoms with E-state index in [4.69, 9.17) is 4.74 Å². The van der Waals surface area contributed by atoms with E-state index in [-0.39, 0.29) is 0 Å². The topological polar surface area (TPSA) is 45.7 Å². The van der Waals surface area contributed by atoms with E-state index in [0.717, 1.165) is 18.3 Å². The molecule has 0 aliphatic heterocycles. The molecule has 1 aromatic carbocycles. The SMILES string of the molecule is CN=C(NCCOc1cc(C)cc(C)c1)NC1CCCC1. The summed E-state index contributed by atoms with van der Waals surface area (Å²) in [5.74, 6) is 1.82. The largest absolute Gasteiger partial charge is 0.492 e. The van der Waals surface area contributed by atoms with Crippen molar-refractivity contribution in [2.45, 2.75) is 45.6 Å². The fourth-order valence-electron chi connectivity index (χ4n) is 2.81. The molecule has 2 rings (SSSR count). The summed E-state index contributed by atoms with van der Waals surface area (Å²) >= 11 is 0. The molecule has 0 atom stereocenters. The van der Waals surface area contributed by atoms with Crippen molar-refractivity contribution in [1.29, 1.82) is 0 Å². The van der Waals surface area contributed by atoms with Crippen molar-refractivity contribution in [3.05, 3.63) is 29.3 Å². The first-order valence-electron chi connectivity index (χ1n) is 7.85. The molecule has 1 aliphatic carbocycles. The molecule has 4 heteroatoms. The molecule has 0 unspecified atom stereocenters. The quantitative estimate of drug-likeness (QED) is 0.498. The smallest absolute Gasteiger partial charge is 0.191 e. The van der Waals surface area contributed by atoms with Gasteiger partial charge >= 0.3 is 0 Å². The lowest BCUT2D eigenvalue weighted by molar-refractivity contribution is 0.321. The normalized spacial score (nSPS) is 16.0. The van der Waals surface area contributed by atoms with Crippen molar-refractivity contribution >= 4 is 5.96 Å². The minimum atomic E-state index is 0.580. The van der Waals surface area contributed by atoms with Crippen LogP contribution in [0.15, 0.2) is 23.2 Å². The van der Waals surface area contributed by atoms with Crippen LogP contribution in [0.5, 0.6) is 5.75 Å². The number of hydrogen-bond donors (Lipinski definition) is 2. The highest BCUT2D eigenvalue weighted by molar-refractivity contribution is 5.79. The summed E-state index contributed by atoms with van der Waals surface area (Å²) in [6.07, 6.45) is 5.15. The first kappa shape index (κ1) is 15.7. The van der Waals surface area contributed by atoms with Crippen molar-refractivity contribution < 1.29 is 4.74 Å². The summed E-state index contributed by atoms with van der Waals surface area (Å²) in [6, 6.07) is 6.87. The van der Waals surface area contributed by atoms with Gasteiger partial charge in [0.25, 0.3) is 0 Å². The van der Waals surface area contributed by atoms with E-state index in [2.05, 4.69) is 47.7 Å². The number of hydrogen-bond acceptors (Lipinski definition) is 2. The maximum atomic E-state index is 5.79. The fraction of sp³-hybridized carbons (Fsp3) is 0.588. The second-order valence-corrected chi connectivity index (χ2v) is 5.80. The van der Waals surface area contributed by atoms with Crippen molar-refractivity contribution in [3.63, 3.8) is 0 Å². The summed E-state index contributed by atoms with van der Waals surface area (Å²) in [4.78, 5) is 4.26. The van der Waals surface area contributed by atoms with E-state index in [1.165, 1.54) is 36.8 Å². The van der Waals surface area contributed by atoms with Crippen LogP contribution < -0.4 is 15.4 Å². The van der Waals surface area contributed by atoms with Crippen LogP contribution in [0, 0.1) is 13.8 Å². The van der Waals surface area contributed by atoms with Crippen LogP contribution in [-0.4, -0.2) is 32.2 Å². The predicted octanol–water partition coefficient (Wildman–Crippen LogP) is 2.79. The van der Waals surface area contributed by atoms with Crippen molar-refractivity contribution in [2.75, 3.05) is 20.2 Å². The second kappa shape index (κ2) is 7.91. The Kier molecular flexibility index (Phi) is 5.90. The van der Waals surface area contributed by atoms with Gasteiger partial charge in [-0.2, -0.15) is 0 Å². The van der Waals surface area contributed by atoms with E-state index in [1.807, 2.05) is 7.05 Å². The Hall–Kier alpha value is -1.71. The van der Waals surface area contributed by atoms with Gasteiger partial charge in [-0.05, 0) is 49.9 Å². The molecule has 0 radical (unpaired) electrons. The van der Waals surface area contributed by atoms with Gasteiger partial charge in [0.1, 0.15) is 12.4 Å². The van der Waals surface area contributed by atoms with Gasteiger partial charge in [-0.1, -0.05) is 18.9 Å². The third kappa shape index (κ3) is 5.29. The van der Waals surface area contributed by atoms with E-state index in [1.54, 1.807) is 0 Å². The van der Waals surface area contributed by atoms with Gasteiger partial charge in [0.15, 0.2) is 5.96 Å². The second-order valence-electron chi connectivity index (χ2n) is 5.80. The molecule has 1 aromatic rings. The number of benzene rings is 1. The van der Waals surface area contributed by atoms with Crippen LogP contribution in [-0.2, 0) is 0 Å².